The molecule has 1 aliphatic heterocycles. The van der Waals surface area contributed by atoms with Crippen molar-refractivity contribution in [2.75, 3.05) is 7.11 Å². The lowest BCUT2D eigenvalue weighted by Crippen LogP contribution is -2.49. The summed E-state index contributed by atoms with van der Waals surface area (Å²) in [5, 5.41) is 0. The lowest BCUT2D eigenvalue weighted by atomic mass is 9.96. The molecule has 5 nitrogen and oxygen atoms in total. The van der Waals surface area contributed by atoms with Gasteiger partial charge in [-0.25, -0.2) is 0 Å². The van der Waals surface area contributed by atoms with Gasteiger partial charge in [0.05, 0.1) is 13.2 Å². The lowest BCUT2D eigenvalue weighted by Gasteiger charge is -2.39. The molecule has 5 heteroatoms. The molecule has 0 saturated carbocycles. The zero-order valence-corrected chi connectivity index (χ0v) is 18.1. The van der Waals surface area contributed by atoms with Gasteiger partial charge in [0.15, 0.2) is 6.10 Å². The zero-order chi connectivity index (χ0) is 22.4. The molecule has 3 aromatic carbocycles. The molecule has 32 heavy (non-hydrogen) atoms. The monoisotopic (exact) mass is 429 g/mol. The highest BCUT2D eigenvalue weighted by Crippen LogP contribution is 2.44. The van der Waals surface area contributed by atoms with Gasteiger partial charge in [-0.1, -0.05) is 97.6 Å². The van der Waals surface area contributed by atoms with E-state index in [0.717, 1.165) is 16.7 Å². The van der Waals surface area contributed by atoms with Crippen LogP contribution in [0.5, 0.6) is 0 Å². The van der Waals surface area contributed by atoms with Crippen molar-refractivity contribution in [2.24, 2.45) is 0 Å². The summed E-state index contributed by atoms with van der Waals surface area (Å²) in [4.78, 5) is 15.0. The molecule has 1 fully saturated rings. The molecule has 3 atom stereocenters. The normalized spacial score (nSPS) is 22.8. The summed E-state index contributed by atoms with van der Waals surface area (Å²) in [5.74, 6) is -0.250. The third kappa shape index (κ3) is 4.10. The average molecular weight is 430 g/mol. The summed E-state index contributed by atoms with van der Waals surface area (Å²) in [6.07, 6.45) is -0.0924. The van der Waals surface area contributed by atoms with Crippen LogP contribution < -0.4 is 0 Å². The van der Waals surface area contributed by atoms with Crippen molar-refractivity contribution in [2.45, 2.75) is 31.1 Å². The molecule has 0 aliphatic carbocycles. The van der Waals surface area contributed by atoms with Crippen molar-refractivity contribution in [3.05, 3.63) is 120 Å². The molecule has 0 bridgehead atoms. The predicted molar refractivity (Wildman–Crippen MR) is 122 cm³/mol. The Morgan fingerprint density at radius 2 is 1.34 bits per heavy atom. The molecule has 1 heterocycles. The Labute approximate surface area is 188 Å². The van der Waals surface area contributed by atoms with E-state index in [9.17, 15) is 4.79 Å². The number of amides is 1. The molecule has 0 N–H and O–H groups in total. The largest absolute Gasteiger partial charge is 0.365 e. The average Bonchev–Trinajstić information content (AvgIpc) is 3.10. The Kier molecular flexibility index (Phi) is 6.81. The van der Waals surface area contributed by atoms with Gasteiger partial charge >= 0.3 is 0 Å². The fourth-order valence-electron chi connectivity index (χ4n) is 4.19. The van der Waals surface area contributed by atoms with Crippen molar-refractivity contribution in [3.63, 3.8) is 0 Å². The minimum Gasteiger partial charge on any atom is -0.365 e. The molecular weight excluding hydrogens is 402 g/mol. The first-order chi connectivity index (χ1) is 15.7. The predicted octanol–water partition coefficient (Wildman–Crippen LogP) is 4.64. The van der Waals surface area contributed by atoms with Gasteiger partial charge in [-0.3, -0.25) is 9.69 Å². The molecule has 0 aromatic heterocycles. The molecule has 1 saturated heterocycles. The molecule has 1 aliphatic rings. The number of hydrogen-bond acceptors (Lipinski definition) is 4. The van der Waals surface area contributed by atoms with Crippen LogP contribution in [0.3, 0.4) is 0 Å². The van der Waals surface area contributed by atoms with Crippen LogP contribution in [0, 0.1) is 0 Å². The number of benzene rings is 3. The number of carbonyl (C=O) groups excluding carboxylic acids is 1. The smallest absolute Gasteiger partial charge is 0.261 e. The summed E-state index contributed by atoms with van der Waals surface area (Å²) in [5.41, 5.74) is 1.56. The molecule has 3 aromatic rings. The fraction of sp³-hybridized carbons (Fsp3) is 0.222. The first-order valence-electron chi connectivity index (χ1n) is 10.6. The number of ether oxygens (including phenoxy) is 3. The highest BCUT2D eigenvalue weighted by Gasteiger charge is 2.61. The third-order valence-corrected chi connectivity index (χ3v) is 5.73. The molecular formula is C27H27NO4. The van der Waals surface area contributed by atoms with Gasteiger partial charge in [-0.15, -0.1) is 0 Å². The van der Waals surface area contributed by atoms with Crippen LogP contribution in [-0.4, -0.2) is 30.1 Å². The molecule has 0 radical (unpaired) electrons. The molecule has 4 rings (SSSR count). The Morgan fingerprint density at radius 3 is 1.84 bits per heavy atom. The maximum atomic E-state index is 13.5. The first-order valence-corrected chi connectivity index (χ1v) is 10.6. The minimum absolute atomic E-state index is 0.250. The molecule has 164 valence electrons. The second-order valence-corrected chi connectivity index (χ2v) is 7.59. The Morgan fingerprint density at radius 1 is 0.844 bits per heavy atom. The number of methoxy groups -OCH3 is 1. The van der Waals surface area contributed by atoms with Gasteiger partial charge in [0.1, 0.15) is 6.10 Å². The number of rotatable bonds is 9. The lowest BCUT2D eigenvalue weighted by molar-refractivity contribution is -0.196. The topological polar surface area (TPSA) is 48.0 Å². The van der Waals surface area contributed by atoms with Gasteiger partial charge in [-0.2, -0.15) is 0 Å². The van der Waals surface area contributed by atoms with Crippen molar-refractivity contribution >= 4 is 5.91 Å². The zero-order valence-electron chi connectivity index (χ0n) is 18.1. The van der Waals surface area contributed by atoms with Crippen molar-refractivity contribution in [1.82, 2.24) is 4.90 Å². The van der Waals surface area contributed by atoms with Crippen LogP contribution in [0.25, 0.3) is 0 Å². The Bertz CT molecular complexity index is 1030. The highest BCUT2D eigenvalue weighted by molar-refractivity contribution is 5.86. The van der Waals surface area contributed by atoms with E-state index < -0.39 is 17.9 Å². The van der Waals surface area contributed by atoms with E-state index in [1.54, 1.807) is 7.11 Å². The summed E-state index contributed by atoms with van der Waals surface area (Å²) < 4.78 is 18.6. The molecule has 1 unspecified atom stereocenters. The van der Waals surface area contributed by atoms with Crippen molar-refractivity contribution in [1.29, 1.82) is 0 Å². The van der Waals surface area contributed by atoms with Crippen LogP contribution in [0.1, 0.15) is 16.7 Å². The van der Waals surface area contributed by atoms with Crippen LogP contribution in [0.2, 0.25) is 0 Å². The van der Waals surface area contributed by atoms with Crippen molar-refractivity contribution < 1.29 is 19.0 Å². The van der Waals surface area contributed by atoms with E-state index in [2.05, 4.69) is 6.58 Å². The third-order valence-electron chi connectivity index (χ3n) is 5.73. The van der Waals surface area contributed by atoms with Gasteiger partial charge in [0.2, 0.25) is 5.72 Å². The minimum atomic E-state index is -1.20. The van der Waals surface area contributed by atoms with Crippen LogP contribution in [0.15, 0.2) is 104 Å². The van der Waals surface area contributed by atoms with Crippen molar-refractivity contribution in [3.8, 4) is 0 Å². The van der Waals surface area contributed by atoms with E-state index in [1.165, 1.54) is 11.1 Å². The quantitative estimate of drug-likeness (QED) is 0.497. The van der Waals surface area contributed by atoms with E-state index in [0.29, 0.717) is 6.61 Å². The van der Waals surface area contributed by atoms with Crippen LogP contribution in [-0.2, 0) is 37.9 Å². The maximum Gasteiger partial charge on any atom is 0.261 e. The van der Waals surface area contributed by atoms with Crippen LogP contribution >= 0.6 is 0 Å². The standard InChI is InChI=1S/C27H27NO4/c1-3-28-26(29)24(31-19-21-13-7-4-8-14-21)25(32-20-22-15-9-5-10-16-22)27(28,30-2)23-17-11-6-12-18-23/h3-18,24-25H,1,19-20H2,2H3/t24-,25-,27?/m1/s1. The van der Waals surface area contributed by atoms with Gasteiger partial charge in [0.25, 0.3) is 5.91 Å². The van der Waals surface area contributed by atoms with Gasteiger partial charge in [0, 0.05) is 18.9 Å². The van der Waals surface area contributed by atoms with E-state index in [1.807, 2.05) is 91.0 Å². The number of nitrogens with zero attached hydrogens (tertiary/aromatic N) is 1. The second kappa shape index (κ2) is 9.92. The maximum absolute atomic E-state index is 13.5. The Hall–Kier alpha value is -3.25. The summed E-state index contributed by atoms with van der Waals surface area (Å²) in [6.45, 7) is 4.47. The van der Waals surface area contributed by atoms with Gasteiger partial charge in [-0.05, 0) is 11.1 Å². The Balaban J connectivity index is 1.71. The van der Waals surface area contributed by atoms with E-state index in [-0.39, 0.29) is 12.5 Å². The fourth-order valence-corrected chi connectivity index (χ4v) is 4.19. The molecule has 0 spiro atoms. The molecule has 1 amide bonds. The number of carbonyl (C=O) groups is 1. The SMILES string of the molecule is C=CN1C(=O)[C@H](OCc2ccccc2)[C@@H](OCc2ccccc2)C1(OC)c1ccccc1. The van der Waals surface area contributed by atoms with E-state index in [4.69, 9.17) is 14.2 Å². The highest BCUT2D eigenvalue weighted by atomic mass is 16.6. The number of hydrogen-bond donors (Lipinski definition) is 0. The summed E-state index contributed by atoms with van der Waals surface area (Å²) in [7, 11) is 1.58. The summed E-state index contributed by atoms with van der Waals surface area (Å²) in [6, 6.07) is 29.2. The second-order valence-electron chi connectivity index (χ2n) is 7.59. The van der Waals surface area contributed by atoms with Crippen LogP contribution in [0.4, 0.5) is 0 Å². The summed E-state index contributed by atoms with van der Waals surface area (Å²) >= 11 is 0. The first kappa shape index (κ1) is 22.0. The van der Waals surface area contributed by atoms with E-state index >= 15 is 0 Å². The van der Waals surface area contributed by atoms with Gasteiger partial charge < -0.3 is 14.2 Å². The number of likely N-dealkylation sites (tertiary alicyclic amines) is 1.